The van der Waals surface area contributed by atoms with Gasteiger partial charge in [-0.3, -0.25) is 4.79 Å². The summed E-state index contributed by atoms with van der Waals surface area (Å²) in [5, 5.41) is 16.1. The molecule has 0 unspecified atom stereocenters. The van der Waals surface area contributed by atoms with Gasteiger partial charge in [-0.05, 0) is 13.5 Å². The molecule has 0 saturated heterocycles. The number of hydrogen-bond acceptors (Lipinski definition) is 6. The normalized spacial score (nSPS) is 8.48. The number of esters is 2. The fourth-order valence-electron chi connectivity index (χ4n) is 0.613. The van der Waals surface area contributed by atoms with Gasteiger partial charge in [0.05, 0.1) is 13.5 Å². The van der Waals surface area contributed by atoms with Gasteiger partial charge >= 0.3 is 23.9 Å². The topological polar surface area (TPSA) is 127 Å². The molecule has 0 atom stereocenters. The summed E-state index contributed by atoms with van der Waals surface area (Å²) in [6.45, 7) is 11.0. The van der Waals surface area contributed by atoms with Crippen LogP contribution in [0.25, 0.3) is 0 Å². The minimum absolute atomic E-state index is 0.194. The predicted octanol–water partition coefficient (Wildman–Crippen LogP) is 0.894. The van der Waals surface area contributed by atoms with E-state index in [9.17, 15) is 19.2 Å². The minimum Gasteiger partial charge on any atom is -0.481 e. The summed E-state index contributed by atoms with van der Waals surface area (Å²) < 4.78 is 8.70. The van der Waals surface area contributed by atoms with Gasteiger partial charge in [0, 0.05) is 11.1 Å². The van der Waals surface area contributed by atoms with Crippen molar-refractivity contribution in [2.24, 2.45) is 0 Å². The van der Waals surface area contributed by atoms with E-state index >= 15 is 0 Å². The van der Waals surface area contributed by atoms with Gasteiger partial charge in [0.25, 0.3) is 0 Å². The van der Waals surface area contributed by atoms with Crippen LogP contribution in [0.4, 0.5) is 0 Å². The number of methoxy groups -OCH3 is 1. The van der Waals surface area contributed by atoms with Crippen molar-refractivity contribution in [3.63, 3.8) is 0 Å². The molecule has 8 heteroatoms. The summed E-state index contributed by atoms with van der Waals surface area (Å²) in [6, 6.07) is 0. The number of aliphatic carboxylic acids is 2. The number of carboxylic acid groups (broad SMARTS) is 2. The second-order valence-electron chi connectivity index (χ2n) is 3.56. The zero-order valence-electron chi connectivity index (χ0n) is 11.7. The third-order valence-electron chi connectivity index (χ3n) is 1.64. The Balaban J connectivity index is 0. The summed E-state index contributed by atoms with van der Waals surface area (Å²) >= 11 is 0. The van der Waals surface area contributed by atoms with E-state index < -0.39 is 30.3 Å². The lowest BCUT2D eigenvalue weighted by Crippen LogP contribution is -2.12. The molecule has 0 aliphatic rings. The van der Waals surface area contributed by atoms with Crippen LogP contribution >= 0.6 is 0 Å². The first kappa shape index (κ1) is 20.4. The maximum atomic E-state index is 10.8. The molecule has 0 heterocycles. The average Bonchev–Trinajstić information content (AvgIpc) is 2.37. The summed E-state index contributed by atoms with van der Waals surface area (Å²) in [4.78, 5) is 41.1. The van der Waals surface area contributed by atoms with Crippen LogP contribution in [-0.2, 0) is 28.7 Å². The van der Waals surface area contributed by atoms with E-state index in [-0.39, 0.29) is 16.9 Å². The average molecular weight is 300 g/mol. The fourth-order valence-corrected chi connectivity index (χ4v) is 0.613. The van der Waals surface area contributed by atoms with Crippen molar-refractivity contribution in [2.75, 3.05) is 7.11 Å². The highest BCUT2D eigenvalue weighted by Crippen LogP contribution is 2.01. The number of carboxylic acids is 2. The van der Waals surface area contributed by atoms with Gasteiger partial charge in [-0.25, -0.2) is 14.4 Å². The fraction of sp³-hybridized carbons (Fsp3) is 0.231. The molecule has 0 aromatic carbocycles. The van der Waals surface area contributed by atoms with Gasteiger partial charge in [0.15, 0.2) is 0 Å². The van der Waals surface area contributed by atoms with Gasteiger partial charge in [-0.15, -0.1) is 0 Å². The maximum Gasteiger partial charge on any atom is 0.373 e. The van der Waals surface area contributed by atoms with E-state index in [1.807, 2.05) is 0 Å². The van der Waals surface area contributed by atoms with E-state index in [0.717, 1.165) is 0 Å². The standard InChI is InChI=1S/C8H10O4.C5H6O4/c1-5(2)7(9)12-6(3)8(10)11-4;1-3(5(8)9)2-4(6)7/h1,3H2,2,4H3;1-2H2,(H,6,7)(H,8,9). The molecule has 0 spiro atoms. The van der Waals surface area contributed by atoms with Crippen LogP contribution in [-0.4, -0.2) is 41.2 Å². The van der Waals surface area contributed by atoms with Gasteiger partial charge < -0.3 is 19.7 Å². The Hall–Kier alpha value is -2.90. The van der Waals surface area contributed by atoms with Crippen LogP contribution in [0.5, 0.6) is 0 Å². The molecule has 21 heavy (non-hydrogen) atoms. The second-order valence-corrected chi connectivity index (χ2v) is 3.56. The largest absolute Gasteiger partial charge is 0.481 e. The molecular weight excluding hydrogens is 284 g/mol. The van der Waals surface area contributed by atoms with Gasteiger partial charge in [0.1, 0.15) is 0 Å². The van der Waals surface area contributed by atoms with Gasteiger partial charge in [-0.2, -0.15) is 0 Å². The molecule has 0 aliphatic heterocycles. The summed E-state index contributed by atoms with van der Waals surface area (Å²) in [5.41, 5.74) is -0.109. The summed E-state index contributed by atoms with van der Waals surface area (Å²) in [5.74, 6) is -4.25. The molecule has 0 bridgehead atoms. The van der Waals surface area contributed by atoms with Crippen molar-refractivity contribution in [2.45, 2.75) is 13.3 Å². The Morgan fingerprint density at radius 1 is 1.00 bits per heavy atom. The minimum atomic E-state index is -1.27. The zero-order valence-corrected chi connectivity index (χ0v) is 11.7. The molecule has 0 aromatic rings. The molecule has 0 fully saturated rings. The van der Waals surface area contributed by atoms with Crippen LogP contribution < -0.4 is 0 Å². The molecule has 0 radical (unpaired) electrons. The van der Waals surface area contributed by atoms with Crippen molar-refractivity contribution in [1.29, 1.82) is 0 Å². The van der Waals surface area contributed by atoms with Crippen molar-refractivity contribution in [1.82, 2.24) is 0 Å². The first-order valence-electron chi connectivity index (χ1n) is 5.30. The van der Waals surface area contributed by atoms with Crippen LogP contribution in [0.2, 0.25) is 0 Å². The first-order chi connectivity index (χ1) is 9.52. The van der Waals surface area contributed by atoms with Crippen LogP contribution in [0, 0.1) is 0 Å². The van der Waals surface area contributed by atoms with Crippen LogP contribution in [0.3, 0.4) is 0 Å². The lowest BCUT2D eigenvalue weighted by molar-refractivity contribution is -0.147. The monoisotopic (exact) mass is 300 g/mol. The summed E-state index contributed by atoms with van der Waals surface area (Å²) in [6.07, 6.45) is -0.505. The van der Waals surface area contributed by atoms with Gasteiger partial charge in [0.2, 0.25) is 5.76 Å². The van der Waals surface area contributed by atoms with E-state index in [2.05, 4.69) is 29.2 Å². The SMILES string of the molecule is C=C(C)C(=O)OC(=C)C(=O)OC.C=C(CC(=O)O)C(=O)O. The second kappa shape index (κ2) is 9.96. The lowest BCUT2D eigenvalue weighted by atomic mass is 10.2. The lowest BCUT2D eigenvalue weighted by Gasteiger charge is -2.03. The van der Waals surface area contributed by atoms with Gasteiger partial charge in [-0.1, -0.05) is 13.2 Å². The van der Waals surface area contributed by atoms with Crippen molar-refractivity contribution in [3.05, 3.63) is 36.6 Å². The molecule has 0 aliphatic carbocycles. The highest BCUT2D eigenvalue weighted by molar-refractivity contribution is 5.94. The number of rotatable bonds is 6. The van der Waals surface area contributed by atoms with E-state index in [0.29, 0.717) is 0 Å². The molecule has 0 amide bonds. The molecular formula is C13H16O8. The molecule has 2 N–H and O–H groups in total. The maximum absolute atomic E-state index is 10.8. The predicted molar refractivity (Wildman–Crippen MR) is 71.1 cm³/mol. The summed E-state index contributed by atoms with van der Waals surface area (Å²) in [7, 11) is 1.17. The van der Waals surface area contributed by atoms with E-state index in [1.54, 1.807) is 0 Å². The van der Waals surface area contributed by atoms with E-state index in [1.165, 1.54) is 14.0 Å². The van der Waals surface area contributed by atoms with Crippen molar-refractivity contribution in [3.8, 4) is 0 Å². The Kier molecular flexibility index (Phi) is 9.68. The third kappa shape index (κ3) is 10.7. The zero-order chi connectivity index (χ0) is 17.2. The highest BCUT2D eigenvalue weighted by atomic mass is 16.6. The van der Waals surface area contributed by atoms with Crippen LogP contribution in [0.1, 0.15) is 13.3 Å². The quantitative estimate of drug-likeness (QED) is 0.420. The van der Waals surface area contributed by atoms with Crippen molar-refractivity contribution < 1.29 is 38.9 Å². The number of carbonyl (C=O) groups excluding carboxylic acids is 2. The Morgan fingerprint density at radius 2 is 1.48 bits per heavy atom. The number of carbonyl (C=O) groups is 4. The number of hydrogen-bond donors (Lipinski definition) is 2. The number of ether oxygens (including phenoxy) is 2. The Bertz CT molecular complexity index is 486. The molecule has 0 rings (SSSR count). The Labute approximate surface area is 121 Å². The molecule has 116 valence electrons. The molecule has 0 saturated carbocycles. The third-order valence-corrected chi connectivity index (χ3v) is 1.64. The Morgan fingerprint density at radius 3 is 1.71 bits per heavy atom. The molecule has 0 aromatic heterocycles. The first-order valence-corrected chi connectivity index (χ1v) is 5.30. The smallest absolute Gasteiger partial charge is 0.373 e. The van der Waals surface area contributed by atoms with E-state index in [4.69, 9.17) is 10.2 Å². The van der Waals surface area contributed by atoms with Crippen molar-refractivity contribution >= 4 is 23.9 Å². The highest BCUT2D eigenvalue weighted by Gasteiger charge is 2.13. The van der Waals surface area contributed by atoms with Crippen LogP contribution in [0.15, 0.2) is 36.6 Å². The molecule has 8 nitrogen and oxygen atoms in total.